The lowest BCUT2D eigenvalue weighted by molar-refractivity contribution is -0.117. The average Bonchev–Trinajstić information content (AvgIpc) is 3.09. The molecule has 0 bridgehead atoms. The second kappa shape index (κ2) is 6.18. The Hall–Kier alpha value is -1.73. The van der Waals surface area contributed by atoms with E-state index < -0.39 is 5.82 Å². The van der Waals surface area contributed by atoms with Crippen LogP contribution in [0.4, 0.5) is 10.1 Å². The number of rotatable bonds is 4. The standard InChI is InChI=1S/C15H18FN3O2S/c1-2-3-10-6-9(7-17-10)11-4-5-12(20)15(14(11)16)19-8-13(21)18-22-19/h4-6,10,17,20H,2-3,7-8H2,1H3,(H,18,21). The molecular formula is C15H18FN3O2S. The SMILES string of the molecule is CCCC1C=C(c2ccc(O)c(N3CC(=O)NS3)c2F)CN1. The number of phenols is 1. The van der Waals surface area contributed by atoms with E-state index in [4.69, 9.17) is 0 Å². The lowest BCUT2D eigenvalue weighted by Crippen LogP contribution is -2.21. The molecule has 2 aliphatic rings. The van der Waals surface area contributed by atoms with E-state index in [1.807, 2.05) is 6.08 Å². The van der Waals surface area contributed by atoms with Gasteiger partial charge in [0.2, 0.25) is 0 Å². The van der Waals surface area contributed by atoms with Gasteiger partial charge in [0.05, 0.1) is 12.1 Å². The molecule has 1 saturated heterocycles. The van der Waals surface area contributed by atoms with E-state index in [1.54, 1.807) is 6.07 Å². The van der Waals surface area contributed by atoms with E-state index in [9.17, 15) is 14.3 Å². The Morgan fingerprint density at radius 3 is 3.00 bits per heavy atom. The van der Waals surface area contributed by atoms with Crippen LogP contribution in [0.25, 0.3) is 5.57 Å². The largest absolute Gasteiger partial charge is 0.506 e. The van der Waals surface area contributed by atoms with Crippen molar-refractivity contribution in [2.75, 3.05) is 17.4 Å². The molecule has 3 N–H and O–H groups in total. The molecule has 1 aromatic carbocycles. The third-order valence-corrected chi connectivity index (χ3v) is 4.65. The monoisotopic (exact) mass is 323 g/mol. The van der Waals surface area contributed by atoms with Gasteiger partial charge in [0.1, 0.15) is 18.0 Å². The smallest absolute Gasteiger partial charge is 0.251 e. The van der Waals surface area contributed by atoms with Crippen molar-refractivity contribution in [1.29, 1.82) is 0 Å². The van der Waals surface area contributed by atoms with Crippen LogP contribution >= 0.6 is 12.1 Å². The first kappa shape index (κ1) is 15.2. The van der Waals surface area contributed by atoms with Crippen molar-refractivity contribution in [1.82, 2.24) is 10.0 Å². The number of hydrogen-bond acceptors (Lipinski definition) is 5. The van der Waals surface area contributed by atoms with Crippen LogP contribution in [-0.4, -0.2) is 30.1 Å². The highest BCUT2D eigenvalue weighted by Crippen LogP contribution is 2.39. The molecule has 5 nitrogen and oxygen atoms in total. The molecule has 0 aliphatic carbocycles. The fourth-order valence-electron chi connectivity index (χ4n) is 2.75. The molecule has 7 heteroatoms. The van der Waals surface area contributed by atoms with E-state index >= 15 is 0 Å². The fourth-order valence-corrected chi connectivity index (χ4v) is 3.47. The fraction of sp³-hybridized carbons (Fsp3) is 0.400. The summed E-state index contributed by atoms with van der Waals surface area (Å²) in [6, 6.07) is 3.33. The molecular weight excluding hydrogens is 305 g/mol. The molecule has 22 heavy (non-hydrogen) atoms. The van der Waals surface area contributed by atoms with Crippen molar-refractivity contribution in [2.24, 2.45) is 0 Å². The number of halogens is 1. The predicted molar refractivity (Wildman–Crippen MR) is 85.8 cm³/mol. The Morgan fingerprint density at radius 1 is 1.50 bits per heavy atom. The van der Waals surface area contributed by atoms with Gasteiger partial charge in [-0.3, -0.25) is 13.8 Å². The topological polar surface area (TPSA) is 64.6 Å². The molecule has 0 saturated carbocycles. The Balaban J connectivity index is 1.94. The van der Waals surface area contributed by atoms with Crippen LogP contribution in [0.2, 0.25) is 0 Å². The van der Waals surface area contributed by atoms with Gasteiger partial charge in [-0.25, -0.2) is 4.39 Å². The molecule has 1 atom stereocenters. The highest BCUT2D eigenvalue weighted by Gasteiger charge is 2.28. The summed E-state index contributed by atoms with van der Waals surface area (Å²) in [7, 11) is 0. The van der Waals surface area contributed by atoms with Crippen LogP contribution < -0.4 is 14.3 Å². The number of nitrogens with zero attached hydrogens (tertiary/aromatic N) is 1. The van der Waals surface area contributed by atoms with Crippen LogP contribution in [0.15, 0.2) is 18.2 Å². The van der Waals surface area contributed by atoms with Crippen LogP contribution in [0.1, 0.15) is 25.3 Å². The van der Waals surface area contributed by atoms with Gasteiger partial charge in [-0.15, -0.1) is 0 Å². The third-order valence-electron chi connectivity index (χ3n) is 3.80. The van der Waals surface area contributed by atoms with Gasteiger partial charge in [0, 0.05) is 18.2 Å². The summed E-state index contributed by atoms with van der Waals surface area (Å²) in [5, 5.41) is 13.3. The lowest BCUT2D eigenvalue weighted by Gasteiger charge is -2.18. The van der Waals surface area contributed by atoms with E-state index in [0.29, 0.717) is 12.1 Å². The summed E-state index contributed by atoms with van der Waals surface area (Å²) in [5.74, 6) is -0.866. The second-order valence-electron chi connectivity index (χ2n) is 5.42. The van der Waals surface area contributed by atoms with Crippen molar-refractivity contribution < 1.29 is 14.3 Å². The maximum atomic E-state index is 14.9. The minimum Gasteiger partial charge on any atom is -0.506 e. The highest BCUT2D eigenvalue weighted by molar-refractivity contribution is 7.99. The summed E-state index contributed by atoms with van der Waals surface area (Å²) >= 11 is 0.991. The summed E-state index contributed by atoms with van der Waals surface area (Å²) in [6.07, 6.45) is 4.11. The first-order valence-electron chi connectivity index (χ1n) is 7.29. The minimum atomic E-state index is -0.491. The Labute approximate surface area is 132 Å². The van der Waals surface area contributed by atoms with Crippen LogP contribution in [0.5, 0.6) is 5.75 Å². The van der Waals surface area contributed by atoms with Crippen LogP contribution in [0, 0.1) is 5.82 Å². The van der Waals surface area contributed by atoms with E-state index in [-0.39, 0.29) is 29.9 Å². The zero-order valence-electron chi connectivity index (χ0n) is 12.2. The van der Waals surface area contributed by atoms with Gasteiger partial charge >= 0.3 is 0 Å². The van der Waals surface area contributed by atoms with Gasteiger partial charge in [-0.05, 0) is 24.1 Å². The molecule has 2 heterocycles. The number of anilines is 1. The van der Waals surface area contributed by atoms with Crippen molar-refractivity contribution in [2.45, 2.75) is 25.8 Å². The first-order chi connectivity index (χ1) is 10.6. The van der Waals surface area contributed by atoms with E-state index in [2.05, 4.69) is 17.0 Å². The van der Waals surface area contributed by atoms with Gasteiger partial charge in [0.15, 0.2) is 5.82 Å². The highest BCUT2D eigenvalue weighted by atomic mass is 32.2. The van der Waals surface area contributed by atoms with Crippen molar-refractivity contribution in [3.8, 4) is 5.75 Å². The zero-order valence-corrected chi connectivity index (χ0v) is 13.0. The summed E-state index contributed by atoms with van der Waals surface area (Å²) in [6.45, 7) is 2.74. The van der Waals surface area contributed by atoms with Gasteiger partial charge in [-0.2, -0.15) is 0 Å². The second-order valence-corrected chi connectivity index (χ2v) is 6.24. The van der Waals surface area contributed by atoms with E-state index in [1.165, 1.54) is 10.4 Å². The normalized spacial score (nSPS) is 21.2. The molecule has 0 spiro atoms. The molecule has 2 aliphatic heterocycles. The number of carbonyl (C=O) groups excluding carboxylic acids is 1. The molecule has 1 aromatic rings. The Bertz CT molecular complexity index is 635. The average molecular weight is 323 g/mol. The third kappa shape index (κ3) is 2.78. The molecule has 0 aromatic heterocycles. The number of nitrogens with one attached hydrogen (secondary N) is 2. The maximum Gasteiger partial charge on any atom is 0.251 e. The van der Waals surface area contributed by atoms with Crippen molar-refractivity contribution in [3.63, 3.8) is 0 Å². The molecule has 1 amide bonds. The molecule has 1 unspecified atom stereocenters. The van der Waals surface area contributed by atoms with Gasteiger partial charge < -0.3 is 10.4 Å². The predicted octanol–water partition coefficient (Wildman–Crippen LogP) is 2.19. The van der Waals surface area contributed by atoms with Crippen molar-refractivity contribution >= 4 is 29.3 Å². The van der Waals surface area contributed by atoms with E-state index in [0.717, 1.165) is 30.5 Å². The van der Waals surface area contributed by atoms with Gasteiger partial charge in [0.25, 0.3) is 5.91 Å². The number of phenolic OH excluding ortho intramolecular Hbond substituents is 1. The number of benzene rings is 1. The van der Waals surface area contributed by atoms with Crippen molar-refractivity contribution in [3.05, 3.63) is 29.6 Å². The number of hydrogen-bond donors (Lipinski definition) is 3. The molecule has 0 radical (unpaired) electrons. The Kier molecular flexibility index (Phi) is 4.26. The minimum absolute atomic E-state index is 0.0222. The Morgan fingerprint density at radius 2 is 2.32 bits per heavy atom. The molecule has 3 rings (SSSR count). The number of aromatic hydroxyl groups is 1. The maximum absolute atomic E-state index is 14.9. The van der Waals surface area contributed by atoms with Crippen LogP contribution in [-0.2, 0) is 4.79 Å². The summed E-state index contributed by atoms with van der Waals surface area (Å²) in [5.41, 5.74) is 1.42. The molecule has 1 fully saturated rings. The summed E-state index contributed by atoms with van der Waals surface area (Å²) in [4.78, 5) is 11.3. The zero-order chi connectivity index (χ0) is 15.7. The molecule has 118 valence electrons. The lowest BCUT2D eigenvalue weighted by atomic mass is 10.0. The number of amides is 1. The quantitative estimate of drug-likeness (QED) is 0.741. The number of carbonyl (C=O) groups is 1. The van der Waals surface area contributed by atoms with Crippen LogP contribution in [0.3, 0.4) is 0 Å². The first-order valence-corrected chi connectivity index (χ1v) is 8.06. The summed E-state index contributed by atoms with van der Waals surface area (Å²) < 4.78 is 18.8. The van der Waals surface area contributed by atoms with Gasteiger partial charge in [-0.1, -0.05) is 19.4 Å².